The molecule has 12 heteroatoms. The zero-order chi connectivity index (χ0) is 26.5. The lowest BCUT2D eigenvalue weighted by Gasteiger charge is -2.31. The van der Waals surface area contributed by atoms with Gasteiger partial charge in [-0.2, -0.15) is 17.6 Å². The van der Waals surface area contributed by atoms with Crippen LogP contribution in [-0.4, -0.2) is 60.6 Å². The number of pyridine rings is 1. The highest BCUT2D eigenvalue weighted by Gasteiger charge is 2.45. The van der Waals surface area contributed by atoms with E-state index in [0.29, 0.717) is 37.0 Å². The highest BCUT2D eigenvalue weighted by molar-refractivity contribution is 7.91. The fourth-order valence-corrected chi connectivity index (χ4v) is 7.27. The van der Waals surface area contributed by atoms with Gasteiger partial charge in [-0.3, -0.25) is 14.8 Å². The van der Waals surface area contributed by atoms with Gasteiger partial charge in [-0.1, -0.05) is 13.8 Å². The quantitative estimate of drug-likeness (QED) is 0.538. The summed E-state index contributed by atoms with van der Waals surface area (Å²) in [5, 5.41) is 2.95. The Morgan fingerprint density at radius 3 is 2.61 bits per heavy atom. The maximum absolute atomic E-state index is 13.4. The summed E-state index contributed by atoms with van der Waals surface area (Å²) >= 11 is 0. The van der Waals surface area contributed by atoms with E-state index in [1.54, 1.807) is 6.92 Å². The molecule has 3 aliphatic rings. The predicted molar refractivity (Wildman–Crippen MR) is 125 cm³/mol. The first-order chi connectivity index (χ1) is 16.7. The number of amides is 1. The number of nitrogens with zero attached hydrogens (tertiary/aromatic N) is 2. The molecule has 1 fully saturated rings. The van der Waals surface area contributed by atoms with Crippen LogP contribution in [0.5, 0.6) is 5.75 Å². The molecule has 1 N–H and O–H groups in total. The third kappa shape index (κ3) is 5.42. The molecule has 0 radical (unpaired) electrons. The van der Waals surface area contributed by atoms with Crippen LogP contribution >= 0.6 is 0 Å². The van der Waals surface area contributed by atoms with Crippen LogP contribution in [0.1, 0.15) is 52.0 Å². The van der Waals surface area contributed by atoms with E-state index in [4.69, 9.17) is 4.99 Å². The van der Waals surface area contributed by atoms with Crippen molar-refractivity contribution in [3.8, 4) is 5.75 Å². The topological polar surface area (TPSA) is 97.7 Å². The summed E-state index contributed by atoms with van der Waals surface area (Å²) in [6.07, 6.45) is -4.46. The zero-order valence-electron chi connectivity index (χ0n) is 20.2. The molecule has 1 saturated heterocycles. The molecule has 0 bridgehead atoms. The molecule has 3 atom stereocenters. The number of rotatable bonds is 7. The second-order valence-corrected chi connectivity index (χ2v) is 12.6. The lowest BCUT2D eigenvalue weighted by Crippen LogP contribution is -2.49. The maximum Gasteiger partial charge on any atom is 0.461 e. The van der Waals surface area contributed by atoms with Crippen LogP contribution in [0.3, 0.4) is 0 Å². The van der Waals surface area contributed by atoms with Crippen molar-refractivity contribution in [2.45, 2.75) is 70.6 Å². The minimum Gasteiger partial charge on any atom is -0.427 e. The molecule has 4 rings (SSSR count). The fourth-order valence-electron chi connectivity index (χ4n) is 5.17. The van der Waals surface area contributed by atoms with Crippen LogP contribution < -0.4 is 10.1 Å². The summed E-state index contributed by atoms with van der Waals surface area (Å²) in [4.78, 5) is 21.8. The first kappa shape index (κ1) is 26.6. The average molecular weight is 532 g/mol. The first-order valence-electron chi connectivity index (χ1n) is 11.8. The Hall–Kier alpha value is -2.50. The van der Waals surface area contributed by atoms with E-state index >= 15 is 0 Å². The largest absolute Gasteiger partial charge is 0.461 e. The van der Waals surface area contributed by atoms with Crippen LogP contribution in [0.15, 0.2) is 34.6 Å². The van der Waals surface area contributed by atoms with E-state index in [2.05, 4.69) is 15.0 Å². The maximum atomic E-state index is 13.4. The lowest BCUT2D eigenvalue weighted by atomic mass is 9.78. The highest BCUT2D eigenvalue weighted by Crippen LogP contribution is 2.42. The number of nitrogens with one attached hydrogen (secondary N) is 1. The number of sulfone groups is 1. The van der Waals surface area contributed by atoms with Gasteiger partial charge in [-0.05, 0) is 55.7 Å². The number of allylic oxidation sites excluding steroid dienone is 1. The third-order valence-electron chi connectivity index (χ3n) is 6.93. The van der Waals surface area contributed by atoms with Crippen molar-refractivity contribution in [2.24, 2.45) is 16.8 Å². The third-order valence-corrected chi connectivity index (χ3v) is 8.84. The van der Waals surface area contributed by atoms with Crippen molar-refractivity contribution in [3.05, 3.63) is 35.2 Å². The van der Waals surface area contributed by atoms with E-state index in [1.165, 1.54) is 12.3 Å². The Bertz CT molecular complexity index is 1220. The summed E-state index contributed by atoms with van der Waals surface area (Å²) in [6.45, 7) is 5.71. The number of alkyl halides is 4. The molecule has 1 unspecified atom stereocenters. The number of ether oxygens (including phenoxy) is 1. The van der Waals surface area contributed by atoms with Gasteiger partial charge in [0.2, 0.25) is 5.91 Å². The molecule has 36 heavy (non-hydrogen) atoms. The fraction of sp³-hybridized carbons (Fsp3) is 0.625. The molecule has 198 valence electrons. The van der Waals surface area contributed by atoms with Crippen LogP contribution in [0, 0.1) is 11.8 Å². The van der Waals surface area contributed by atoms with Gasteiger partial charge in [0, 0.05) is 17.7 Å². The minimum absolute atomic E-state index is 0.0520. The summed E-state index contributed by atoms with van der Waals surface area (Å²) in [6, 6.07) is 0.982. The van der Waals surface area contributed by atoms with Crippen molar-refractivity contribution < 1.29 is 35.5 Å². The van der Waals surface area contributed by atoms with Gasteiger partial charge in [0.15, 0.2) is 9.84 Å². The number of hydrogen-bond acceptors (Lipinski definition) is 6. The van der Waals surface area contributed by atoms with Crippen LogP contribution in [0.4, 0.5) is 17.6 Å². The molecule has 0 saturated carbocycles. The van der Waals surface area contributed by atoms with Gasteiger partial charge >= 0.3 is 12.5 Å². The van der Waals surface area contributed by atoms with Crippen molar-refractivity contribution >= 4 is 21.5 Å². The Morgan fingerprint density at radius 2 is 2.00 bits per heavy atom. The number of halogens is 4. The molecule has 0 aromatic carbocycles. The van der Waals surface area contributed by atoms with Gasteiger partial charge in [0.25, 0.3) is 0 Å². The summed E-state index contributed by atoms with van der Waals surface area (Å²) in [5.74, 6) is -0.979. The van der Waals surface area contributed by atoms with Crippen LogP contribution in [0.2, 0.25) is 0 Å². The Kier molecular flexibility index (Phi) is 6.95. The molecule has 0 spiro atoms. The molecular formula is C24H29F4N3O4S. The van der Waals surface area contributed by atoms with Gasteiger partial charge in [0.1, 0.15) is 5.75 Å². The van der Waals surface area contributed by atoms with Gasteiger partial charge in [0.05, 0.1) is 35.0 Å². The molecule has 3 heterocycles. The number of aromatic nitrogens is 1. The van der Waals surface area contributed by atoms with Gasteiger partial charge in [-0.15, -0.1) is 0 Å². The van der Waals surface area contributed by atoms with Crippen molar-refractivity contribution in [2.75, 3.05) is 11.5 Å². The minimum atomic E-state index is -4.65. The van der Waals surface area contributed by atoms with Crippen LogP contribution in [-0.2, 0) is 14.6 Å². The predicted octanol–water partition coefficient (Wildman–Crippen LogP) is 3.94. The molecule has 2 aliphatic heterocycles. The molecule has 1 aromatic heterocycles. The second kappa shape index (κ2) is 9.42. The lowest BCUT2D eigenvalue weighted by molar-refractivity contribution is -0.253. The first-order valence-corrected chi connectivity index (χ1v) is 13.6. The monoisotopic (exact) mass is 531 g/mol. The average Bonchev–Trinajstić information content (AvgIpc) is 3.29. The molecule has 1 aromatic rings. The van der Waals surface area contributed by atoms with Crippen LogP contribution in [0.25, 0.3) is 0 Å². The smallest absolute Gasteiger partial charge is 0.427 e. The number of aliphatic imine (C=N–C) groups is 1. The molecule has 1 amide bonds. The molecule has 7 nitrogen and oxygen atoms in total. The number of carbonyl (C=O) groups excluding carboxylic acids is 1. The summed E-state index contributed by atoms with van der Waals surface area (Å²) in [7, 11) is -3.17. The normalized spacial score (nSPS) is 27.9. The summed E-state index contributed by atoms with van der Waals surface area (Å²) in [5.41, 5.74) is 1.99. The van der Waals surface area contributed by atoms with E-state index < -0.39 is 33.7 Å². The Morgan fingerprint density at radius 1 is 1.28 bits per heavy atom. The summed E-state index contributed by atoms with van der Waals surface area (Å²) < 4.78 is 79.9. The Labute approximate surface area is 207 Å². The molecular weight excluding hydrogens is 502 g/mol. The number of hydrogen-bond donors (Lipinski definition) is 1. The second-order valence-electron chi connectivity index (χ2n) is 10.4. The van der Waals surface area contributed by atoms with E-state index in [0.717, 1.165) is 17.3 Å². The standard InChI is InChI=1S/C24H29F4N3O4S/c1-13(2)19-18-9-14(21(32)31-23(3)6-7-36(33,34)12-23)4-5-17(18)20(30-19)15-8-16(11-29-10-15)35-24(27,28)22(25)26/h8,10-11,13-14,19,22H,4-7,9,12H2,1-3H3,(H,31,32)/t14-,19?,23+/m1/s1. The van der Waals surface area contributed by atoms with E-state index in [1.807, 2.05) is 13.8 Å². The van der Waals surface area contributed by atoms with Crippen molar-refractivity contribution in [1.29, 1.82) is 0 Å². The van der Waals surface area contributed by atoms with Gasteiger partial charge < -0.3 is 10.1 Å². The zero-order valence-corrected chi connectivity index (χ0v) is 21.0. The van der Waals surface area contributed by atoms with E-state index in [9.17, 15) is 30.8 Å². The SMILES string of the molecule is CC(C)C1N=C(c2cncc(OC(F)(F)C(F)F)c2)C2=C1C[C@H](C(=O)N[C@@]1(C)CCS(=O)(=O)C1)CC2. The molecule has 1 aliphatic carbocycles. The van der Waals surface area contributed by atoms with Crippen molar-refractivity contribution in [1.82, 2.24) is 10.3 Å². The number of carbonyl (C=O) groups is 1. The Balaban J connectivity index is 1.55. The highest BCUT2D eigenvalue weighted by atomic mass is 32.2. The van der Waals surface area contributed by atoms with E-state index in [-0.39, 0.29) is 35.3 Å². The van der Waals surface area contributed by atoms with Gasteiger partial charge in [-0.25, -0.2) is 8.42 Å². The van der Waals surface area contributed by atoms with Crippen molar-refractivity contribution in [3.63, 3.8) is 0 Å².